The summed E-state index contributed by atoms with van der Waals surface area (Å²) in [7, 11) is -0.669. The van der Waals surface area contributed by atoms with Gasteiger partial charge in [-0.05, 0) is 31.2 Å². The predicted molar refractivity (Wildman–Crippen MR) is 82.0 cm³/mol. The number of nitrogens with one attached hydrogen (secondary N) is 2. The predicted octanol–water partition coefficient (Wildman–Crippen LogP) is 1.12. The Morgan fingerprint density at radius 1 is 1.29 bits per heavy atom. The van der Waals surface area contributed by atoms with Gasteiger partial charge in [0, 0.05) is 19.7 Å². The fraction of sp³-hybridized carbons (Fsp3) is 0.571. The summed E-state index contributed by atoms with van der Waals surface area (Å²) >= 11 is 0. The molecule has 120 valence electrons. The minimum absolute atomic E-state index is 0.142. The van der Waals surface area contributed by atoms with Gasteiger partial charge in [0.2, 0.25) is 10.0 Å². The van der Waals surface area contributed by atoms with Crippen molar-refractivity contribution in [3.63, 3.8) is 0 Å². The highest BCUT2D eigenvalue weighted by Crippen LogP contribution is 2.25. The van der Waals surface area contributed by atoms with Crippen molar-refractivity contribution >= 4 is 10.0 Å². The zero-order valence-electron chi connectivity index (χ0n) is 13.0. The Morgan fingerprint density at radius 2 is 2.00 bits per heavy atom. The second-order valence-corrected chi connectivity index (χ2v) is 6.43. The molecule has 0 bridgehead atoms. The first-order valence-corrected chi connectivity index (χ1v) is 8.31. The molecule has 1 aromatic carbocycles. The average molecular weight is 316 g/mol. The van der Waals surface area contributed by atoms with Gasteiger partial charge in [0.1, 0.15) is 10.6 Å². The van der Waals surface area contributed by atoms with Crippen LogP contribution in [0.5, 0.6) is 5.75 Å². The van der Waals surface area contributed by atoms with E-state index in [9.17, 15) is 8.42 Å². The zero-order valence-corrected chi connectivity index (χ0v) is 13.8. The quantitative estimate of drug-likeness (QED) is 0.714. The first-order chi connectivity index (χ1) is 9.94. The summed E-state index contributed by atoms with van der Waals surface area (Å²) in [5, 5.41) is 3.17. The van der Waals surface area contributed by atoms with Gasteiger partial charge in [0.05, 0.1) is 13.7 Å². The number of rotatable bonds is 9. The summed E-state index contributed by atoms with van der Waals surface area (Å²) in [4.78, 5) is 0.142. The van der Waals surface area contributed by atoms with Crippen molar-refractivity contribution in [1.29, 1.82) is 0 Å². The van der Waals surface area contributed by atoms with E-state index in [0.29, 0.717) is 18.9 Å². The molecule has 1 unspecified atom stereocenters. The van der Waals surface area contributed by atoms with Crippen LogP contribution < -0.4 is 14.8 Å². The molecule has 0 aliphatic carbocycles. The first kappa shape index (κ1) is 17.9. The Hall–Kier alpha value is -1.15. The van der Waals surface area contributed by atoms with E-state index < -0.39 is 10.0 Å². The second kappa shape index (κ2) is 8.33. The van der Waals surface area contributed by atoms with Gasteiger partial charge in [-0.25, -0.2) is 13.1 Å². The van der Waals surface area contributed by atoms with Crippen LogP contribution in [0.3, 0.4) is 0 Å². The summed E-state index contributed by atoms with van der Waals surface area (Å²) in [5.41, 5.74) is 0.886. The van der Waals surface area contributed by atoms with Gasteiger partial charge in [-0.15, -0.1) is 0 Å². The maximum absolute atomic E-state index is 12.5. The molecule has 0 aliphatic rings. The molecule has 2 N–H and O–H groups in total. The third kappa shape index (κ3) is 5.28. The number of methoxy groups -OCH3 is 2. The van der Waals surface area contributed by atoms with Crippen molar-refractivity contribution in [1.82, 2.24) is 10.0 Å². The molecule has 0 saturated heterocycles. The first-order valence-electron chi connectivity index (χ1n) is 6.83. The lowest BCUT2D eigenvalue weighted by Crippen LogP contribution is -2.35. The monoisotopic (exact) mass is 316 g/mol. The molecule has 1 atom stereocenters. The number of ether oxygens (including phenoxy) is 2. The van der Waals surface area contributed by atoms with Crippen LogP contribution in [0.25, 0.3) is 0 Å². The summed E-state index contributed by atoms with van der Waals surface area (Å²) in [6.07, 6.45) is 0. The van der Waals surface area contributed by atoms with E-state index in [0.717, 1.165) is 12.1 Å². The minimum atomic E-state index is -3.65. The van der Waals surface area contributed by atoms with Crippen molar-refractivity contribution in [2.75, 3.05) is 27.4 Å². The summed E-state index contributed by atoms with van der Waals surface area (Å²) in [5.74, 6) is 0.326. The topological polar surface area (TPSA) is 76.7 Å². The Bertz CT molecular complexity index is 546. The third-order valence-electron chi connectivity index (χ3n) is 2.87. The van der Waals surface area contributed by atoms with E-state index in [1.54, 1.807) is 19.1 Å². The van der Waals surface area contributed by atoms with Crippen LogP contribution in [0.1, 0.15) is 19.4 Å². The van der Waals surface area contributed by atoms with Crippen molar-refractivity contribution in [3.8, 4) is 5.75 Å². The van der Waals surface area contributed by atoms with Gasteiger partial charge < -0.3 is 14.8 Å². The lowest BCUT2D eigenvalue weighted by Gasteiger charge is -2.16. The SMILES string of the molecule is CCNCc1ccc(OC)c(S(=O)(=O)NC(C)COC)c1. The molecule has 0 aliphatic heterocycles. The highest BCUT2D eigenvalue weighted by molar-refractivity contribution is 7.89. The average Bonchev–Trinajstić information content (AvgIpc) is 2.44. The molecule has 0 saturated carbocycles. The van der Waals surface area contributed by atoms with Crippen molar-refractivity contribution < 1.29 is 17.9 Å². The Balaban J connectivity index is 3.06. The van der Waals surface area contributed by atoms with Crippen LogP contribution >= 0.6 is 0 Å². The molecule has 0 heterocycles. The van der Waals surface area contributed by atoms with Gasteiger partial charge in [-0.1, -0.05) is 13.0 Å². The number of benzene rings is 1. The van der Waals surface area contributed by atoms with E-state index in [4.69, 9.17) is 9.47 Å². The van der Waals surface area contributed by atoms with Crippen LogP contribution in [-0.4, -0.2) is 41.8 Å². The van der Waals surface area contributed by atoms with Crippen molar-refractivity contribution in [2.24, 2.45) is 0 Å². The third-order valence-corrected chi connectivity index (χ3v) is 4.48. The molecule has 0 spiro atoms. The molecule has 0 fully saturated rings. The van der Waals surface area contributed by atoms with Gasteiger partial charge >= 0.3 is 0 Å². The van der Waals surface area contributed by atoms with E-state index in [-0.39, 0.29) is 10.9 Å². The van der Waals surface area contributed by atoms with Crippen LogP contribution in [0, 0.1) is 0 Å². The number of sulfonamides is 1. The van der Waals surface area contributed by atoms with Gasteiger partial charge in [-0.2, -0.15) is 0 Å². The Labute approximate surface area is 126 Å². The van der Waals surface area contributed by atoms with Crippen LogP contribution in [-0.2, 0) is 21.3 Å². The van der Waals surface area contributed by atoms with Crippen molar-refractivity contribution in [2.45, 2.75) is 31.3 Å². The molecule has 0 aromatic heterocycles. The lowest BCUT2D eigenvalue weighted by molar-refractivity contribution is 0.180. The molecule has 6 nitrogen and oxygen atoms in total. The normalized spacial score (nSPS) is 13.1. The van der Waals surface area contributed by atoms with Gasteiger partial charge in [0.15, 0.2) is 0 Å². The van der Waals surface area contributed by atoms with Gasteiger partial charge in [0.25, 0.3) is 0 Å². The van der Waals surface area contributed by atoms with Crippen LogP contribution in [0.4, 0.5) is 0 Å². The van der Waals surface area contributed by atoms with Crippen molar-refractivity contribution in [3.05, 3.63) is 23.8 Å². The molecular formula is C14H24N2O4S. The molecule has 1 rings (SSSR count). The number of hydrogen-bond donors (Lipinski definition) is 2. The van der Waals surface area contributed by atoms with Crippen LogP contribution in [0.2, 0.25) is 0 Å². The summed E-state index contributed by atoms with van der Waals surface area (Å²) in [6.45, 7) is 5.47. The van der Waals surface area contributed by atoms with Crippen LogP contribution in [0.15, 0.2) is 23.1 Å². The fourth-order valence-electron chi connectivity index (χ4n) is 1.92. The maximum atomic E-state index is 12.5. The highest BCUT2D eigenvalue weighted by Gasteiger charge is 2.22. The van der Waals surface area contributed by atoms with E-state index in [1.165, 1.54) is 14.2 Å². The highest BCUT2D eigenvalue weighted by atomic mass is 32.2. The molecule has 1 aromatic rings. The molecule has 7 heteroatoms. The zero-order chi connectivity index (χ0) is 15.9. The molecule has 21 heavy (non-hydrogen) atoms. The summed E-state index contributed by atoms with van der Waals surface area (Å²) in [6, 6.07) is 4.83. The Kier molecular flexibility index (Phi) is 7.10. The second-order valence-electron chi connectivity index (χ2n) is 4.74. The number of hydrogen-bond acceptors (Lipinski definition) is 5. The summed E-state index contributed by atoms with van der Waals surface area (Å²) < 4.78 is 37.6. The molecule has 0 radical (unpaired) electrons. The minimum Gasteiger partial charge on any atom is -0.495 e. The fourth-order valence-corrected chi connectivity index (χ4v) is 3.37. The Morgan fingerprint density at radius 3 is 2.57 bits per heavy atom. The van der Waals surface area contributed by atoms with E-state index >= 15 is 0 Å². The van der Waals surface area contributed by atoms with Gasteiger partial charge in [-0.3, -0.25) is 0 Å². The standard InChI is InChI=1S/C14H24N2O4S/c1-5-15-9-12-6-7-13(20-4)14(8-12)21(17,18)16-11(2)10-19-3/h6-8,11,15-16H,5,9-10H2,1-4H3. The molecule has 0 amide bonds. The maximum Gasteiger partial charge on any atom is 0.244 e. The van der Waals surface area contributed by atoms with E-state index in [2.05, 4.69) is 10.0 Å². The van der Waals surface area contributed by atoms with E-state index in [1.807, 2.05) is 13.0 Å². The largest absolute Gasteiger partial charge is 0.495 e. The molecular weight excluding hydrogens is 292 g/mol. The lowest BCUT2D eigenvalue weighted by atomic mass is 10.2. The smallest absolute Gasteiger partial charge is 0.244 e.